The summed E-state index contributed by atoms with van der Waals surface area (Å²) in [5.41, 5.74) is 0.549. The van der Waals surface area contributed by atoms with Gasteiger partial charge in [-0.05, 0) is 6.07 Å². The van der Waals surface area contributed by atoms with Crippen molar-refractivity contribution < 1.29 is 18.3 Å². The first-order valence-electron chi connectivity index (χ1n) is 3.96. The Morgan fingerprint density at radius 1 is 1.43 bits per heavy atom. The summed E-state index contributed by atoms with van der Waals surface area (Å²) in [7, 11) is -1.65. The van der Waals surface area contributed by atoms with Crippen molar-refractivity contribution in [2.45, 2.75) is 5.75 Å². The van der Waals surface area contributed by atoms with E-state index in [9.17, 15) is 8.42 Å². The van der Waals surface area contributed by atoms with Crippen LogP contribution in [0.25, 0.3) is 0 Å². The molecule has 1 N–H and O–H groups in total. The van der Waals surface area contributed by atoms with E-state index in [1.807, 2.05) is 0 Å². The summed E-state index contributed by atoms with van der Waals surface area (Å²) in [6.45, 7) is 0. The van der Waals surface area contributed by atoms with E-state index in [0.29, 0.717) is 11.3 Å². The molecule has 0 aliphatic rings. The van der Waals surface area contributed by atoms with E-state index in [4.69, 9.17) is 9.84 Å². The van der Waals surface area contributed by atoms with Crippen LogP contribution in [-0.2, 0) is 15.6 Å². The van der Waals surface area contributed by atoms with Gasteiger partial charge in [-0.2, -0.15) is 0 Å². The highest BCUT2D eigenvalue weighted by Crippen LogP contribution is 2.25. The van der Waals surface area contributed by atoms with Gasteiger partial charge in [-0.25, -0.2) is 8.42 Å². The highest BCUT2D eigenvalue weighted by atomic mass is 32.2. The Labute approximate surface area is 83.1 Å². The molecule has 0 bridgehead atoms. The van der Waals surface area contributed by atoms with Crippen LogP contribution < -0.4 is 4.74 Å². The summed E-state index contributed by atoms with van der Waals surface area (Å²) in [6.07, 6.45) is 1.15. The average Bonchev–Trinajstić information content (AvgIpc) is 2.06. The molecule has 0 radical (unpaired) electrons. The molecule has 14 heavy (non-hydrogen) atoms. The summed E-state index contributed by atoms with van der Waals surface area (Å²) in [4.78, 5) is 0. The third-order valence-corrected chi connectivity index (χ3v) is 2.52. The molecule has 0 atom stereocenters. The minimum Gasteiger partial charge on any atom is -0.508 e. The van der Waals surface area contributed by atoms with Crippen LogP contribution >= 0.6 is 0 Å². The molecule has 0 unspecified atom stereocenters. The minimum atomic E-state index is -3.08. The van der Waals surface area contributed by atoms with Crippen molar-refractivity contribution in [3.05, 3.63) is 23.8 Å². The molecular formula is C9H12O4S. The molecule has 0 amide bonds. The molecule has 0 aromatic heterocycles. The molecule has 0 aliphatic carbocycles. The molecule has 0 fully saturated rings. The lowest BCUT2D eigenvalue weighted by atomic mass is 10.2. The fraction of sp³-hybridized carbons (Fsp3) is 0.333. The van der Waals surface area contributed by atoms with Gasteiger partial charge >= 0.3 is 0 Å². The lowest BCUT2D eigenvalue weighted by molar-refractivity contribution is 0.404. The summed E-state index contributed by atoms with van der Waals surface area (Å²) >= 11 is 0. The van der Waals surface area contributed by atoms with E-state index in [-0.39, 0.29) is 11.5 Å². The van der Waals surface area contributed by atoms with Crippen LogP contribution in [-0.4, -0.2) is 26.9 Å². The summed E-state index contributed by atoms with van der Waals surface area (Å²) in [5.74, 6) is 0.353. The van der Waals surface area contributed by atoms with Crippen LogP contribution in [0.5, 0.6) is 11.5 Å². The molecule has 1 aromatic carbocycles. The second-order valence-electron chi connectivity index (χ2n) is 3.07. The Balaban J connectivity index is 3.09. The first-order chi connectivity index (χ1) is 6.42. The Bertz CT molecular complexity index is 422. The van der Waals surface area contributed by atoms with Crippen molar-refractivity contribution in [1.29, 1.82) is 0 Å². The maximum absolute atomic E-state index is 11.0. The van der Waals surface area contributed by atoms with Gasteiger partial charge in [0.05, 0.1) is 12.9 Å². The van der Waals surface area contributed by atoms with Gasteiger partial charge in [-0.3, -0.25) is 0 Å². The molecule has 1 aromatic rings. The number of sulfone groups is 1. The average molecular weight is 216 g/mol. The van der Waals surface area contributed by atoms with Crippen LogP contribution in [0.3, 0.4) is 0 Å². The minimum absolute atomic E-state index is 0.0547. The monoisotopic (exact) mass is 216 g/mol. The van der Waals surface area contributed by atoms with E-state index in [0.717, 1.165) is 6.26 Å². The number of ether oxygens (including phenoxy) is 1. The predicted octanol–water partition coefficient (Wildman–Crippen LogP) is 0.945. The molecule has 0 saturated heterocycles. The Kier molecular flexibility index (Phi) is 3.00. The van der Waals surface area contributed by atoms with Gasteiger partial charge in [0.1, 0.15) is 11.5 Å². The number of phenolic OH excluding ortho intramolecular Hbond substituents is 1. The highest BCUT2D eigenvalue weighted by Gasteiger charge is 2.10. The summed E-state index contributed by atoms with van der Waals surface area (Å²) in [5, 5.41) is 9.14. The van der Waals surface area contributed by atoms with Crippen molar-refractivity contribution in [1.82, 2.24) is 0 Å². The normalized spacial score (nSPS) is 11.3. The van der Waals surface area contributed by atoms with Crippen molar-refractivity contribution in [3.8, 4) is 11.5 Å². The number of rotatable bonds is 3. The molecule has 78 valence electrons. The molecule has 0 heterocycles. The Hall–Kier alpha value is -1.23. The molecule has 0 aliphatic heterocycles. The molecule has 1 rings (SSSR count). The second kappa shape index (κ2) is 3.88. The molecule has 4 nitrogen and oxygen atoms in total. The van der Waals surface area contributed by atoms with E-state index in [1.54, 1.807) is 0 Å². The van der Waals surface area contributed by atoms with Crippen LogP contribution in [0.1, 0.15) is 5.56 Å². The maximum atomic E-state index is 11.0. The molecule has 0 spiro atoms. The van der Waals surface area contributed by atoms with Gasteiger partial charge in [-0.15, -0.1) is 0 Å². The fourth-order valence-corrected chi connectivity index (χ4v) is 1.94. The number of benzene rings is 1. The largest absolute Gasteiger partial charge is 0.508 e. The first-order valence-corrected chi connectivity index (χ1v) is 6.02. The van der Waals surface area contributed by atoms with Crippen LogP contribution in [0, 0.1) is 0 Å². The van der Waals surface area contributed by atoms with E-state index in [1.165, 1.54) is 25.3 Å². The number of hydrogen-bond acceptors (Lipinski definition) is 4. The second-order valence-corrected chi connectivity index (χ2v) is 5.21. The topological polar surface area (TPSA) is 63.6 Å². The zero-order valence-electron chi connectivity index (χ0n) is 8.02. The lowest BCUT2D eigenvalue weighted by Gasteiger charge is -2.07. The number of phenols is 1. The maximum Gasteiger partial charge on any atom is 0.151 e. The van der Waals surface area contributed by atoms with E-state index < -0.39 is 9.84 Å². The predicted molar refractivity (Wildman–Crippen MR) is 53.2 cm³/mol. The molecule has 5 heteroatoms. The van der Waals surface area contributed by atoms with Crippen molar-refractivity contribution in [3.63, 3.8) is 0 Å². The zero-order chi connectivity index (χ0) is 10.8. The van der Waals surface area contributed by atoms with Gasteiger partial charge < -0.3 is 9.84 Å². The Morgan fingerprint density at radius 3 is 2.57 bits per heavy atom. The third kappa shape index (κ3) is 2.92. The number of aromatic hydroxyl groups is 1. The number of methoxy groups -OCH3 is 1. The van der Waals surface area contributed by atoms with Gasteiger partial charge in [0.2, 0.25) is 0 Å². The van der Waals surface area contributed by atoms with E-state index in [2.05, 4.69) is 0 Å². The van der Waals surface area contributed by atoms with Gasteiger partial charge in [0, 0.05) is 17.9 Å². The van der Waals surface area contributed by atoms with E-state index >= 15 is 0 Å². The standard InChI is InChI=1S/C9H12O4S/c1-13-9-5-8(10)4-3-7(9)6-14(2,11)12/h3-5,10H,6H2,1-2H3. The molecular weight excluding hydrogens is 204 g/mol. The molecule has 0 saturated carbocycles. The van der Waals surface area contributed by atoms with Crippen molar-refractivity contribution >= 4 is 9.84 Å². The summed E-state index contributed by atoms with van der Waals surface area (Å²) < 4.78 is 27.0. The summed E-state index contributed by atoms with van der Waals surface area (Å²) in [6, 6.07) is 4.36. The van der Waals surface area contributed by atoms with Crippen LogP contribution in [0.15, 0.2) is 18.2 Å². The fourth-order valence-electron chi connectivity index (χ4n) is 1.13. The Morgan fingerprint density at radius 2 is 2.07 bits per heavy atom. The van der Waals surface area contributed by atoms with Crippen LogP contribution in [0.4, 0.5) is 0 Å². The smallest absolute Gasteiger partial charge is 0.151 e. The quantitative estimate of drug-likeness (QED) is 0.817. The van der Waals surface area contributed by atoms with Gasteiger partial charge in [0.25, 0.3) is 0 Å². The number of hydrogen-bond donors (Lipinski definition) is 1. The zero-order valence-corrected chi connectivity index (χ0v) is 8.84. The van der Waals surface area contributed by atoms with Crippen molar-refractivity contribution in [2.75, 3.05) is 13.4 Å². The SMILES string of the molecule is COc1cc(O)ccc1CS(C)(=O)=O. The van der Waals surface area contributed by atoms with Gasteiger partial charge in [-0.1, -0.05) is 6.07 Å². The third-order valence-electron chi connectivity index (χ3n) is 1.69. The van der Waals surface area contributed by atoms with Crippen molar-refractivity contribution in [2.24, 2.45) is 0 Å². The lowest BCUT2D eigenvalue weighted by Crippen LogP contribution is -2.02. The first kappa shape index (κ1) is 10.8. The van der Waals surface area contributed by atoms with Crippen LogP contribution in [0.2, 0.25) is 0 Å². The van der Waals surface area contributed by atoms with Gasteiger partial charge in [0.15, 0.2) is 9.84 Å². The highest BCUT2D eigenvalue weighted by molar-refractivity contribution is 7.89.